The third-order valence-corrected chi connectivity index (χ3v) is 10.8. The molecule has 4 aromatic carbocycles. The van der Waals surface area contributed by atoms with Crippen LogP contribution in [0.15, 0.2) is 60.7 Å². The second-order valence-electron chi connectivity index (χ2n) is 7.49. The molecule has 166 valence electrons. The van der Waals surface area contributed by atoms with Crippen molar-refractivity contribution < 1.29 is 35.1 Å². The van der Waals surface area contributed by atoms with Gasteiger partial charge in [0.2, 0.25) is 0 Å². The summed E-state index contributed by atoms with van der Waals surface area (Å²) in [4.78, 5) is 0. The van der Waals surface area contributed by atoms with Gasteiger partial charge in [0.25, 0.3) is 0 Å². The maximum Gasteiger partial charge on any atom is 0.198 e. The van der Waals surface area contributed by atoms with Crippen molar-refractivity contribution in [3.8, 4) is 11.1 Å². The van der Waals surface area contributed by atoms with Crippen LogP contribution in [-0.4, -0.2) is 8.07 Å². The Morgan fingerprint density at radius 2 is 0.667 bits per heavy atom. The molecule has 0 amide bonds. The Labute approximate surface area is 182 Å². The Balaban J connectivity index is 2.16. The van der Waals surface area contributed by atoms with Gasteiger partial charge in [0, 0.05) is 21.5 Å². The van der Waals surface area contributed by atoms with Crippen LogP contribution in [0.1, 0.15) is 0 Å². The van der Waals surface area contributed by atoms with Gasteiger partial charge in [-0.2, -0.15) is 0 Å². The van der Waals surface area contributed by atoms with Crippen LogP contribution in [0.4, 0.5) is 35.1 Å². The lowest BCUT2D eigenvalue weighted by molar-refractivity contribution is 0.409. The summed E-state index contributed by atoms with van der Waals surface area (Å²) in [5.74, 6) is -16.7. The Morgan fingerprint density at radius 1 is 0.364 bits per heavy atom. The minimum atomic E-state index is -4.53. The van der Waals surface area contributed by atoms with Crippen LogP contribution >= 0.6 is 0 Å². The summed E-state index contributed by atoms with van der Waals surface area (Å²) in [5.41, 5.74) is -2.31. The highest BCUT2D eigenvalue weighted by atomic mass is 28.3. The summed E-state index contributed by atoms with van der Waals surface area (Å²) in [7, 11) is -4.53. The first-order valence-corrected chi connectivity index (χ1v) is 11.6. The standard InChI is InChI=1S/C24H10F8Si/c25-15-13-14-16(26)18(28)20(30)22(32)24(14)33(11-7-3-1-4-8-11,12-9-5-2-6-10-12)23(13)21(31)19(29)17(15)27/h1-10H. The van der Waals surface area contributed by atoms with Crippen LogP contribution in [0.2, 0.25) is 0 Å². The maximum atomic E-state index is 15.5. The maximum absolute atomic E-state index is 15.5. The van der Waals surface area contributed by atoms with E-state index in [0.29, 0.717) is 0 Å². The summed E-state index contributed by atoms with van der Waals surface area (Å²) >= 11 is 0. The molecule has 0 atom stereocenters. The van der Waals surface area contributed by atoms with Crippen LogP contribution in [0, 0.1) is 46.5 Å². The molecule has 33 heavy (non-hydrogen) atoms. The van der Waals surface area contributed by atoms with Gasteiger partial charge in [-0.05, 0) is 10.4 Å². The van der Waals surface area contributed by atoms with Gasteiger partial charge in [0.1, 0.15) is 0 Å². The SMILES string of the molecule is Fc1c(F)c(F)c2c(c1F)-c1c(F)c(F)c(F)c(F)c1[Si]2(c1ccccc1)c1ccccc1. The first-order valence-electron chi connectivity index (χ1n) is 9.58. The molecule has 0 saturated heterocycles. The van der Waals surface area contributed by atoms with Gasteiger partial charge < -0.3 is 0 Å². The summed E-state index contributed by atoms with van der Waals surface area (Å²) in [5, 5.41) is -1.50. The Hall–Kier alpha value is -3.46. The Bertz CT molecular complexity index is 1320. The van der Waals surface area contributed by atoms with Crippen LogP contribution in [0.3, 0.4) is 0 Å². The average Bonchev–Trinajstić information content (AvgIpc) is 3.17. The van der Waals surface area contributed by atoms with Crippen molar-refractivity contribution in [1.29, 1.82) is 0 Å². The summed E-state index contributed by atoms with van der Waals surface area (Å²) < 4.78 is 119. The van der Waals surface area contributed by atoms with E-state index in [1.54, 1.807) is 12.1 Å². The van der Waals surface area contributed by atoms with Crippen LogP contribution in [-0.2, 0) is 0 Å². The zero-order chi connectivity index (χ0) is 23.7. The van der Waals surface area contributed by atoms with Crippen LogP contribution in [0.25, 0.3) is 11.1 Å². The van der Waals surface area contributed by atoms with Crippen molar-refractivity contribution in [2.75, 3.05) is 0 Å². The van der Waals surface area contributed by atoms with Crippen LogP contribution in [0.5, 0.6) is 0 Å². The molecule has 0 spiro atoms. The molecule has 0 aromatic heterocycles. The smallest absolute Gasteiger partial charge is 0.198 e. The third kappa shape index (κ3) is 2.56. The molecule has 0 N–H and O–H groups in total. The van der Waals surface area contributed by atoms with Crippen LogP contribution < -0.4 is 20.7 Å². The van der Waals surface area contributed by atoms with Gasteiger partial charge >= 0.3 is 0 Å². The van der Waals surface area contributed by atoms with E-state index in [0.717, 1.165) is 0 Å². The fourth-order valence-corrected chi connectivity index (χ4v) is 9.90. The monoisotopic (exact) mass is 478 g/mol. The van der Waals surface area contributed by atoms with Crippen molar-refractivity contribution in [3.05, 3.63) is 107 Å². The molecule has 0 aliphatic carbocycles. The number of hydrogen-bond acceptors (Lipinski definition) is 0. The molecule has 0 saturated carbocycles. The number of fused-ring (bicyclic) bond motifs is 3. The summed E-state index contributed by atoms with van der Waals surface area (Å²) in [6.07, 6.45) is 0. The molecule has 0 radical (unpaired) electrons. The number of hydrogen-bond donors (Lipinski definition) is 0. The zero-order valence-electron chi connectivity index (χ0n) is 16.3. The predicted octanol–water partition coefficient (Wildman–Crippen LogP) is 4.16. The van der Waals surface area contributed by atoms with Gasteiger partial charge in [-0.1, -0.05) is 60.7 Å². The molecule has 0 fully saturated rings. The molecule has 1 heterocycles. The van der Waals surface area contributed by atoms with Crippen molar-refractivity contribution in [1.82, 2.24) is 0 Å². The van der Waals surface area contributed by atoms with Gasteiger partial charge in [-0.15, -0.1) is 0 Å². The fraction of sp³-hybridized carbons (Fsp3) is 0. The third-order valence-electron chi connectivity index (χ3n) is 5.95. The van der Waals surface area contributed by atoms with E-state index in [9.17, 15) is 17.6 Å². The fourth-order valence-electron chi connectivity index (χ4n) is 4.68. The van der Waals surface area contributed by atoms with Crippen molar-refractivity contribution in [3.63, 3.8) is 0 Å². The normalized spacial score (nSPS) is 13.7. The highest BCUT2D eigenvalue weighted by molar-refractivity contribution is 7.22. The van der Waals surface area contributed by atoms with Crippen molar-refractivity contribution >= 4 is 28.8 Å². The number of rotatable bonds is 2. The molecule has 5 rings (SSSR count). The topological polar surface area (TPSA) is 0 Å². The molecule has 0 nitrogen and oxygen atoms in total. The first kappa shape index (κ1) is 21.4. The van der Waals surface area contributed by atoms with Crippen molar-refractivity contribution in [2.24, 2.45) is 0 Å². The Morgan fingerprint density at radius 3 is 1.00 bits per heavy atom. The average molecular weight is 478 g/mol. The van der Waals surface area contributed by atoms with E-state index in [4.69, 9.17) is 0 Å². The molecular weight excluding hydrogens is 468 g/mol. The van der Waals surface area contributed by atoms with E-state index in [2.05, 4.69) is 0 Å². The largest absolute Gasteiger partial charge is 0.204 e. The molecule has 9 heteroatoms. The lowest BCUT2D eigenvalue weighted by Gasteiger charge is -2.31. The predicted molar refractivity (Wildman–Crippen MR) is 109 cm³/mol. The molecule has 0 unspecified atom stereocenters. The first-order chi connectivity index (χ1) is 15.7. The highest BCUT2D eigenvalue weighted by Crippen LogP contribution is 2.38. The van der Waals surface area contributed by atoms with Gasteiger partial charge in [-0.3, -0.25) is 0 Å². The molecule has 1 aliphatic rings. The number of halogens is 8. The molecular formula is C24H10F8Si. The van der Waals surface area contributed by atoms with Gasteiger partial charge in [0.15, 0.2) is 54.6 Å². The lowest BCUT2D eigenvalue weighted by Crippen LogP contribution is -2.74. The second-order valence-corrected chi connectivity index (χ2v) is 11.1. The summed E-state index contributed by atoms with van der Waals surface area (Å²) in [6, 6.07) is 14.5. The molecule has 0 bridgehead atoms. The summed E-state index contributed by atoms with van der Waals surface area (Å²) in [6.45, 7) is 0. The minimum absolute atomic E-state index is 0.102. The Kier molecular flexibility index (Phi) is 4.71. The van der Waals surface area contributed by atoms with E-state index >= 15 is 17.6 Å². The zero-order valence-corrected chi connectivity index (χ0v) is 17.3. The van der Waals surface area contributed by atoms with E-state index in [-0.39, 0.29) is 10.4 Å². The minimum Gasteiger partial charge on any atom is -0.204 e. The van der Waals surface area contributed by atoms with E-state index < -0.39 is 76.1 Å². The molecule has 1 aliphatic heterocycles. The lowest BCUT2D eigenvalue weighted by atomic mass is 10.0. The van der Waals surface area contributed by atoms with Crippen molar-refractivity contribution in [2.45, 2.75) is 0 Å². The molecule has 4 aromatic rings. The number of benzene rings is 4. The van der Waals surface area contributed by atoms with E-state index in [1.165, 1.54) is 48.5 Å². The van der Waals surface area contributed by atoms with Gasteiger partial charge in [-0.25, -0.2) is 35.1 Å². The quantitative estimate of drug-likeness (QED) is 0.155. The second kappa shape index (κ2) is 7.28. The van der Waals surface area contributed by atoms with Gasteiger partial charge in [0.05, 0.1) is 0 Å². The van der Waals surface area contributed by atoms with E-state index in [1.807, 2.05) is 0 Å². The highest BCUT2D eigenvalue weighted by Gasteiger charge is 2.57.